The summed E-state index contributed by atoms with van der Waals surface area (Å²) in [5, 5.41) is 5.51. The Hall–Kier alpha value is -2.78. The Labute approximate surface area is 159 Å². The van der Waals surface area contributed by atoms with Gasteiger partial charge in [0.25, 0.3) is 0 Å². The lowest BCUT2D eigenvalue weighted by molar-refractivity contribution is -0.153. The van der Waals surface area contributed by atoms with Crippen LogP contribution in [0.3, 0.4) is 0 Å². The van der Waals surface area contributed by atoms with E-state index in [9.17, 15) is 18.0 Å². The van der Waals surface area contributed by atoms with Gasteiger partial charge in [0, 0.05) is 10.6 Å². The monoisotopic (exact) mass is 414 g/mol. The number of halogens is 4. The number of rotatable bonds is 4. The fraction of sp³-hybridized carbons (Fsp3) is 0.0588. The number of oxime groups is 1. The van der Waals surface area contributed by atoms with Crippen LogP contribution in [0.1, 0.15) is 21.0 Å². The lowest BCUT2D eigenvalue weighted by Crippen LogP contribution is -2.15. The zero-order valence-electron chi connectivity index (χ0n) is 13.3. The van der Waals surface area contributed by atoms with E-state index >= 15 is 0 Å². The minimum atomic E-state index is -4.90. The normalized spacial score (nSPS) is 12.2. The van der Waals surface area contributed by atoms with E-state index in [-0.39, 0.29) is 11.6 Å². The molecule has 27 heavy (non-hydrogen) atoms. The predicted octanol–water partition coefficient (Wildman–Crippen LogP) is 5.16. The Balaban J connectivity index is 1.92. The molecule has 0 atom stereocenters. The van der Waals surface area contributed by atoms with Crippen LogP contribution >= 0.6 is 22.9 Å². The van der Waals surface area contributed by atoms with E-state index < -0.39 is 23.5 Å². The summed E-state index contributed by atoms with van der Waals surface area (Å²) in [5.74, 6) is -3.12. The molecular weight excluding hydrogens is 405 g/mol. The Morgan fingerprint density at radius 2 is 1.93 bits per heavy atom. The van der Waals surface area contributed by atoms with Gasteiger partial charge < -0.3 is 15.0 Å². The highest BCUT2D eigenvalue weighted by Gasteiger charge is 2.41. The minimum Gasteiger partial charge on any atom is -0.451 e. The predicted molar refractivity (Wildman–Crippen MR) is 94.6 cm³/mol. The third-order valence-electron chi connectivity index (χ3n) is 3.34. The van der Waals surface area contributed by atoms with Crippen LogP contribution < -0.4 is 5.73 Å². The van der Waals surface area contributed by atoms with E-state index in [2.05, 4.69) is 9.99 Å². The molecule has 140 valence electrons. The zero-order valence-corrected chi connectivity index (χ0v) is 14.9. The average Bonchev–Trinajstić information content (AvgIpc) is 3.29. The number of carbonyl (C=O) groups is 1. The van der Waals surface area contributed by atoms with Crippen LogP contribution in [0, 0.1) is 0 Å². The molecule has 3 aromatic rings. The second-order valence-electron chi connectivity index (χ2n) is 5.19. The summed E-state index contributed by atoms with van der Waals surface area (Å²) < 4.78 is 44.6. The van der Waals surface area contributed by atoms with Crippen molar-refractivity contribution in [2.24, 2.45) is 10.9 Å². The molecule has 2 N–H and O–H groups in total. The molecule has 10 heteroatoms. The maximum Gasteiger partial charge on any atom is 0.450 e. The third-order valence-corrected chi connectivity index (χ3v) is 4.48. The second kappa shape index (κ2) is 7.45. The number of carbonyl (C=O) groups excluding carboxylic acids is 1. The molecular formula is C17H10ClF3N2O3S. The van der Waals surface area contributed by atoms with E-state index in [0.29, 0.717) is 15.5 Å². The molecule has 0 fully saturated rings. The molecule has 2 aromatic heterocycles. The fourth-order valence-corrected chi connectivity index (χ4v) is 2.86. The van der Waals surface area contributed by atoms with Crippen molar-refractivity contribution in [2.75, 3.05) is 0 Å². The maximum atomic E-state index is 13.2. The molecule has 2 heterocycles. The molecule has 0 saturated heterocycles. The Morgan fingerprint density at radius 3 is 2.52 bits per heavy atom. The molecule has 0 spiro atoms. The van der Waals surface area contributed by atoms with Gasteiger partial charge in [0.1, 0.15) is 11.3 Å². The van der Waals surface area contributed by atoms with Gasteiger partial charge in [-0.25, -0.2) is 4.79 Å². The van der Waals surface area contributed by atoms with Crippen molar-refractivity contribution in [3.63, 3.8) is 0 Å². The number of hydrogen-bond donors (Lipinski definition) is 1. The van der Waals surface area contributed by atoms with E-state index in [1.54, 1.807) is 17.5 Å². The van der Waals surface area contributed by atoms with Gasteiger partial charge in [-0.1, -0.05) is 22.8 Å². The maximum absolute atomic E-state index is 13.2. The first kappa shape index (κ1) is 19.0. The number of amidine groups is 1. The number of alkyl halides is 3. The van der Waals surface area contributed by atoms with Gasteiger partial charge in [0.15, 0.2) is 5.84 Å². The first-order valence-electron chi connectivity index (χ1n) is 7.31. The van der Waals surface area contributed by atoms with Crippen LogP contribution in [0.25, 0.3) is 11.3 Å². The summed E-state index contributed by atoms with van der Waals surface area (Å²) in [7, 11) is 0. The van der Waals surface area contributed by atoms with E-state index in [1.165, 1.54) is 35.6 Å². The second-order valence-corrected chi connectivity index (χ2v) is 6.57. The molecule has 5 nitrogen and oxygen atoms in total. The molecule has 0 saturated carbocycles. The number of hydrogen-bond acceptors (Lipinski definition) is 5. The lowest BCUT2D eigenvalue weighted by Gasteiger charge is -2.04. The number of thiophene rings is 1. The van der Waals surface area contributed by atoms with Crippen LogP contribution in [0.15, 0.2) is 57.4 Å². The van der Waals surface area contributed by atoms with Crippen LogP contribution in [0.2, 0.25) is 5.02 Å². The minimum absolute atomic E-state index is 0.131. The number of benzene rings is 1. The number of nitrogens with two attached hydrogens (primary N) is 1. The molecule has 0 aliphatic heterocycles. The number of furan rings is 1. The summed E-state index contributed by atoms with van der Waals surface area (Å²) in [5.41, 5.74) is 5.13. The van der Waals surface area contributed by atoms with Crippen molar-refractivity contribution in [3.05, 3.63) is 69.1 Å². The first-order valence-corrected chi connectivity index (χ1v) is 8.57. The Kier molecular flexibility index (Phi) is 5.24. The van der Waals surface area contributed by atoms with Crippen LogP contribution in [0.4, 0.5) is 13.2 Å². The molecule has 0 aliphatic rings. The van der Waals surface area contributed by atoms with Gasteiger partial charge in [-0.05, 0) is 41.8 Å². The van der Waals surface area contributed by atoms with E-state index in [0.717, 1.165) is 6.07 Å². The largest absolute Gasteiger partial charge is 0.451 e. The fourth-order valence-electron chi connectivity index (χ4n) is 2.12. The Bertz CT molecular complexity index is 980. The molecule has 0 unspecified atom stereocenters. The summed E-state index contributed by atoms with van der Waals surface area (Å²) in [6.07, 6.45) is -4.90. The van der Waals surface area contributed by atoms with Crippen LogP contribution in [-0.2, 0) is 11.0 Å². The van der Waals surface area contributed by atoms with Gasteiger partial charge in [-0.2, -0.15) is 13.2 Å². The van der Waals surface area contributed by atoms with E-state index in [1.807, 2.05) is 0 Å². The highest BCUT2D eigenvalue weighted by atomic mass is 35.5. The summed E-state index contributed by atoms with van der Waals surface area (Å²) >= 11 is 6.99. The zero-order chi connectivity index (χ0) is 19.6. The molecule has 0 bridgehead atoms. The smallest absolute Gasteiger partial charge is 0.450 e. The van der Waals surface area contributed by atoms with E-state index in [4.69, 9.17) is 21.8 Å². The van der Waals surface area contributed by atoms with Crippen molar-refractivity contribution in [3.8, 4) is 11.3 Å². The summed E-state index contributed by atoms with van der Waals surface area (Å²) in [6, 6.07) is 10.1. The highest BCUT2D eigenvalue weighted by Crippen LogP contribution is 2.37. The molecule has 1 aromatic carbocycles. The van der Waals surface area contributed by atoms with Crippen molar-refractivity contribution in [2.45, 2.75) is 6.18 Å². The Morgan fingerprint density at radius 1 is 1.22 bits per heavy atom. The van der Waals surface area contributed by atoms with Crippen molar-refractivity contribution in [1.82, 2.24) is 0 Å². The summed E-state index contributed by atoms with van der Waals surface area (Å²) in [4.78, 5) is 17.2. The quantitative estimate of drug-likeness (QED) is 0.277. The molecule has 0 amide bonds. The third kappa shape index (κ3) is 4.32. The average molecular weight is 415 g/mol. The van der Waals surface area contributed by atoms with Gasteiger partial charge in [0.2, 0.25) is 5.76 Å². The standard InChI is InChI=1S/C17H10ClF3N2O3S/c18-10-5-3-9(4-6-10)12-8-11(14(25-12)17(19,20)21)16(24)26-23-15(22)13-2-1-7-27-13/h1-8H,(H2,22,23). The van der Waals surface area contributed by atoms with Crippen molar-refractivity contribution >= 4 is 34.7 Å². The van der Waals surface area contributed by atoms with Gasteiger partial charge in [-0.15, -0.1) is 11.3 Å². The van der Waals surface area contributed by atoms with Crippen molar-refractivity contribution < 1.29 is 27.2 Å². The van der Waals surface area contributed by atoms with Crippen molar-refractivity contribution in [1.29, 1.82) is 0 Å². The molecule has 0 radical (unpaired) electrons. The molecule has 3 rings (SSSR count). The summed E-state index contributed by atoms with van der Waals surface area (Å²) in [6.45, 7) is 0. The lowest BCUT2D eigenvalue weighted by atomic mass is 10.1. The molecule has 0 aliphatic carbocycles. The van der Waals surface area contributed by atoms with Gasteiger partial charge in [0.05, 0.1) is 4.88 Å². The topological polar surface area (TPSA) is 77.8 Å². The van der Waals surface area contributed by atoms with Gasteiger partial charge >= 0.3 is 12.1 Å². The SMILES string of the molecule is N/C(=N/OC(=O)c1cc(-c2ccc(Cl)cc2)oc1C(F)(F)F)c1cccs1. The highest BCUT2D eigenvalue weighted by molar-refractivity contribution is 7.12. The number of nitrogens with zero attached hydrogens (tertiary/aromatic N) is 1. The van der Waals surface area contributed by atoms with Gasteiger partial charge in [-0.3, -0.25) is 0 Å². The first-order chi connectivity index (χ1) is 12.8. The van der Waals surface area contributed by atoms with Crippen LogP contribution in [-0.4, -0.2) is 11.8 Å². The van der Waals surface area contributed by atoms with Crippen LogP contribution in [0.5, 0.6) is 0 Å².